The van der Waals surface area contributed by atoms with Gasteiger partial charge in [0.25, 0.3) is 0 Å². The van der Waals surface area contributed by atoms with E-state index >= 15 is 0 Å². The molecule has 3 atom stereocenters. The van der Waals surface area contributed by atoms with E-state index in [1.54, 1.807) is 0 Å². The number of morpholine rings is 1. The summed E-state index contributed by atoms with van der Waals surface area (Å²) in [6, 6.07) is 0.619. The number of rotatable bonds is 1. The molecule has 2 saturated heterocycles. The van der Waals surface area contributed by atoms with Crippen molar-refractivity contribution in [2.45, 2.75) is 51.9 Å². The summed E-state index contributed by atoms with van der Waals surface area (Å²) in [5, 5.41) is 10.2. The molecule has 3 nitrogen and oxygen atoms in total. The monoisotopic (exact) mass is 213 g/mol. The van der Waals surface area contributed by atoms with Crippen molar-refractivity contribution in [3.63, 3.8) is 0 Å². The lowest BCUT2D eigenvalue weighted by Crippen LogP contribution is -2.53. The molecule has 2 fully saturated rings. The van der Waals surface area contributed by atoms with E-state index in [2.05, 4.69) is 25.7 Å². The minimum Gasteiger partial charge on any atom is -0.390 e. The summed E-state index contributed by atoms with van der Waals surface area (Å²) >= 11 is 0. The Morgan fingerprint density at radius 3 is 2.80 bits per heavy atom. The second-order valence-corrected chi connectivity index (χ2v) is 5.97. The van der Waals surface area contributed by atoms with Crippen LogP contribution in [0.3, 0.4) is 0 Å². The summed E-state index contributed by atoms with van der Waals surface area (Å²) in [7, 11) is 0. The van der Waals surface area contributed by atoms with E-state index in [9.17, 15) is 5.11 Å². The zero-order valence-electron chi connectivity index (χ0n) is 10.1. The summed E-state index contributed by atoms with van der Waals surface area (Å²) in [6.45, 7) is 9.09. The van der Waals surface area contributed by atoms with E-state index in [4.69, 9.17) is 4.74 Å². The van der Waals surface area contributed by atoms with Gasteiger partial charge in [-0.1, -0.05) is 20.8 Å². The average molecular weight is 213 g/mol. The Bertz CT molecular complexity index is 224. The summed E-state index contributed by atoms with van der Waals surface area (Å²) in [6.07, 6.45) is 2.18. The van der Waals surface area contributed by atoms with Crippen molar-refractivity contribution in [3.8, 4) is 0 Å². The molecule has 0 aromatic carbocycles. The predicted octanol–water partition coefficient (Wildman–Crippen LogP) is 1.26. The van der Waals surface area contributed by atoms with Crippen LogP contribution < -0.4 is 0 Å². The number of ether oxygens (including phenoxy) is 1. The molecule has 3 unspecified atom stereocenters. The predicted molar refractivity (Wildman–Crippen MR) is 59.8 cm³/mol. The smallest absolute Gasteiger partial charge is 0.0966 e. The highest BCUT2D eigenvalue weighted by atomic mass is 16.5. The molecule has 2 aliphatic rings. The van der Waals surface area contributed by atoms with Gasteiger partial charge in [-0.05, 0) is 24.8 Å². The van der Waals surface area contributed by atoms with Gasteiger partial charge in [-0.25, -0.2) is 0 Å². The molecule has 2 aliphatic heterocycles. The first-order chi connectivity index (χ1) is 6.98. The largest absolute Gasteiger partial charge is 0.390 e. The van der Waals surface area contributed by atoms with Gasteiger partial charge in [0, 0.05) is 12.6 Å². The first kappa shape index (κ1) is 11.4. The summed E-state index contributed by atoms with van der Waals surface area (Å²) < 4.78 is 5.79. The Labute approximate surface area is 92.4 Å². The lowest BCUT2D eigenvalue weighted by molar-refractivity contribution is -0.130. The summed E-state index contributed by atoms with van der Waals surface area (Å²) in [5.74, 6) is 0. The van der Waals surface area contributed by atoms with Crippen LogP contribution in [0, 0.1) is 5.41 Å². The SMILES string of the molecule is CC(C)(C)C(O)C1CN2CCCC2CO1. The number of hydrogen-bond acceptors (Lipinski definition) is 3. The van der Waals surface area contributed by atoms with Crippen LogP contribution in [0.4, 0.5) is 0 Å². The fraction of sp³-hybridized carbons (Fsp3) is 1.00. The molecule has 88 valence electrons. The van der Waals surface area contributed by atoms with Gasteiger partial charge in [-0.15, -0.1) is 0 Å². The van der Waals surface area contributed by atoms with Crippen molar-refractivity contribution < 1.29 is 9.84 Å². The quantitative estimate of drug-likeness (QED) is 0.711. The van der Waals surface area contributed by atoms with Gasteiger partial charge in [-0.3, -0.25) is 4.90 Å². The van der Waals surface area contributed by atoms with Crippen molar-refractivity contribution in [1.82, 2.24) is 4.90 Å². The van der Waals surface area contributed by atoms with Gasteiger partial charge >= 0.3 is 0 Å². The van der Waals surface area contributed by atoms with E-state index in [-0.39, 0.29) is 17.6 Å². The van der Waals surface area contributed by atoms with Crippen LogP contribution in [-0.2, 0) is 4.74 Å². The van der Waals surface area contributed by atoms with E-state index < -0.39 is 0 Å². The molecule has 0 spiro atoms. The van der Waals surface area contributed by atoms with Crippen molar-refractivity contribution in [2.75, 3.05) is 19.7 Å². The minimum absolute atomic E-state index is 0.000602. The zero-order valence-corrected chi connectivity index (χ0v) is 10.1. The molecule has 2 rings (SSSR count). The first-order valence-corrected chi connectivity index (χ1v) is 6.02. The lowest BCUT2D eigenvalue weighted by Gasteiger charge is -2.41. The van der Waals surface area contributed by atoms with Crippen LogP contribution in [0.25, 0.3) is 0 Å². The van der Waals surface area contributed by atoms with Crippen molar-refractivity contribution in [3.05, 3.63) is 0 Å². The van der Waals surface area contributed by atoms with Crippen LogP contribution in [0.2, 0.25) is 0 Å². The van der Waals surface area contributed by atoms with Crippen molar-refractivity contribution in [2.24, 2.45) is 5.41 Å². The number of aliphatic hydroxyl groups is 1. The second-order valence-electron chi connectivity index (χ2n) is 5.97. The molecule has 2 heterocycles. The van der Waals surface area contributed by atoms with Crippen LogP contribution in [0.5, 0.6) is 0 Å². The highest BCUT2D eigenvalue weighted by molar-refractivity contribution is 4.90. The van der Waals surface area contributed by atoms with E-state index in [1.165, 1.54) is 19.4 Å². The molecule has 15 heavy (non-hydrogen) atoms. The Balaban J connectivity index is 1.95. The molecule has 1 N–H and O–H groups in total. The topological polar surface area (TPSA) is 32.7 Å². The minimum atomic E-state index is -0.362. The van der Waals surface area contributed by atoms with Crippen LogP contribution in [0.15, 0.2) is 0 Å². The first-order valence-electron chi connectivity index (χ1n) is 6.02. The molecule has 0 radical (unpaired) electrons. The Hall–Kier alpha value is -0.120. The van der Waals surface area contributed by atoms with Crippen molar-refractivity contribution >= 4 is 0 Å². The second kappa shape index (κ2) is 4.04. The van der Waals surface area contributed by atoms with Crippen LogP contribution in [-0.4, -0.2) is 48.0 Å². The summed E-state index contributed by atoms with van der Waals surface area (Å²) in [4.78, 5) is 2.48. The number of fused-ring (bicyclic) bond motifs is 1. The molecule has 0 bridgehead atoms. The Kier molecular flexibility index (Phi) is 3.06. The van der Waals surface area contributed by atoms with E-state index in [0.717, 1.165) is 13.2 Å². The van der Waals surface area contributed by atoms with Gasteiger partial charge in [0.2, 0.25) is 0 Å². The lowest BCUT2D eigenvalue weighted by atomic mass is 9.85. The number of hydrogen-bond donors (Lipinski definition) is 1. The standard InChI is InChI=1S/C12H23NO2/c1-12(2,3)11(14)10-7-13-6-4-5-9(13)8-15-10/h9-11,14H,4-8H2,1-3H3. The van der Waals surface area contributed by atoms with E-state index in [0.29, 0.717) is 6.04 Å². The number of aliphatic hydroxyl groups excluding tert-OH is 1. The zero-order chi connectivity index (χ0) is 11.1. The van der Waals surface area contributed by atoms with Gasteiger partial charge in [0.05, 0.1) is 18.8 Å². The third-order valence-electron chi connectivity index (χ3n) is 3.66. The van der Waals surface area contributed by atoms with E-state index in [1.807, 2.05) is 0 Å². The van der Waals surface area contributed by atoms with Gasteiger partial charge in [0.15, 0.2) is 0 Å². The maximum Gasteiger partial charge on any atom is 0.0966 e. The molecule has 0 aliphatic carbocycles. The molecule has 0 amide bonds. The molecular weight excluding hydrogens is 190 g/mol. The maximum absolute atomic E-state index is 10.2. The molecular formula is C12H23NO2. The average Bonchev–Trinajstić information content (AvgIpc) is 2.61. The number of nitrogens with zero attached hydrogens (tertiary/aromatic N) is 1. The fourth-order valence-electron chi connectivity index (χ4n) is 2.59. The highest BCUT2D eigenvalue weighted by Gasteiger charge is 2.38. The molecule has 0 aromatic rings. The van der Waals surface area contributed by atoms with Crippen LogP contribution in [0.1, 0.15) is 33.6 Å². The Morgan fingerprint density at radius 2 is 2.13 bits per heavy atom. The normalized spacial score (nSPS) is 35.2. The maximum atomic E-state index is 10.2. The molecule has 0 saturated carbocycles. The fourth-order valence-corrected chi connectivity index (χ4v) is 2.59. The highest BCUT2D eigenvalue weighted by Crippen LogP contribution is 2.29. The molecule has 0 aromatic heterocycles. The summed E-state index contributed by atoms with van der Waals surface area (Å²) in [5.41, 5.74) is -0.0861. The Morgan fingerprint density at radius 1 is 1.40 bits per heavy atom. The van der Waals surface area contributed by atoms with Gasteiger partial charge < -0.3 is 9.84 Å². The van der Waals surface area contributed by atoms with Gasteiger partial charge in [-0.2, -0.15) is 0 Å². The third-order valence-corrected chi connectivity index (χ3v) is 3.66. The van der Waals surface area contributed by atoms with Crippen LogP contribution >= 0.6 is 0 Å². The third kappa shape index (κ3) is 2.35. The van der Waals surface area contributed by atoms with Crippen molar-refractivity contribution in [1.29, 1.82) is 0 Å². The molecule has 3 heteroatoms. The van der Waals surface area contributed by atoms with Gasteiger partial charge in [0.1, 0.15) is 0 Å².